The number of hydrazone groups is 1. The van der Waals surface area contributed by atoms with Crippen molar-refractivity contribution in [2.45, 2.75) is 6.92 Å². The lowest BCUT2D eigenvalue weighted by Gasteiger charge is -2.09. The van der Waals surface area contributed by atoms with Crippen LogP contribution in [0.1, 0.15) is 22.8 Å². The zero-order valence-corrected chi connectivity index (χ0v) is 18.5. The molecule has 3 aromatic carbocycles. The molecule has 0 saturated carbocycles. The molecule has 154 valence electrons. The van der Waals surface area contributed by atoms with E-state index >= 15 is 0 Å². The summed E-state index contributed by atoms with van der Waals surface area (Å²) >= 11 is 3.45. The van der Waals surface area contributed by atoms with Crippen molar-refractivity contribution in [3.63, 3.8) is 0 Å². The highest BCUT2D eigenvalue weighted by Gasteiger charge is 2.13. The predicted octanol–water partition coefficient (Wildman–Crippen LogP) is 5.83. The number of hydrogen-bond acceptors (Lipinski definition) is 4. The van der Waals surface area contributed by atoms with Crippen LogP contribution in [0.15, 0.2) is 88.4 Å². The number of amides is 1. The fraction of sp³-hybridized carbons (Fsp3) is 0.0800. The Hall–Kier alpha value is -3.51. The molecule has 0 spiro atoms. The molecule has 1 amide bonds. The van der Waals surface area contributed by atoms with E-state index < -0.39 is 0 Å². The number of halogens is 1. The maximum absolute atomic E-state index is 13.0. The van der Waals surface area contributed by atoms with Gasteiger partial charge in [0.25, 0.3) is 5.91 Å². The molecule has 1 N–H and O–H groups in total. The van der Waals surface area contributed by atoms with Gasteiger partial charge in [-0.05, 0) is 37.3 Å². The van der Waals surface area contributed by atoms with Gasteiger partial charge in [0.15, 0.2) is 0 Å². The lowest BCUT2D eigenvalue weighted by Crippen LogP contribution is -2.18. The first-order chi connectivity index (χ1) is 15.2. The van der Waals surface area contributed by atoms with Gasteiger partial charge >= 0.3 is 0 Å². The van der Waals surface area contributed by atoms with Crippen molar-refractivity contribution in [1.82, 2.24) is 10.4 Å². The number of para-hydroxylation sites is 1. The number of pyridine rings is 1. The lowest BCUT2D eigenvalue weighted by molar-refractivity contribution is 0.0956. The van der Waals surface area contributed by atoms with E-state index in [0.29, 0.717) is 17.9 Å². The summed E-state index contributed by atoms with van der Waals surface area (Å²) in [5.74, 6) is 0.393. The molecule has 0 saturated heterocycles. The van der Waals surface area contributed by atoms with Gasteiger partial charge in [0.1, 0.15) is 5.75 Å². The highest BCUT2D eigenvalue weighted by molar-refractivity contribution is 9.10. The third kappa shape index (κ3) is 4.81. The first-order valence-electron chi connectivity index (χ1n) is 9.86. The topological polar surface area (TPSA) is 63.6 Å². The molecule has 0 unspecified atom stereocenters. The van der Waals surface area contributed by atoms with Crippen molar-refractivity contribution in [1.29, 1.82) is 0 Å². The fourth-order valence-electron chi connectivity index (χ4n) is 3.25. The summed E-state index contributed by atoms with van der Waals surface area (Å²) in [5, 5.41) is 4.94. The van der Waals surface area contributed by atoms with E-state index in [9.17, 15) is 4.79 Å². The van der Waals surface area contributed by atoms with Gasteiger partial charge in [-0.25, -0.2) is 10.4 Å². The second kappa shape index (κ2) is 9.53. The molecule has 31 heavy (non-hydrogen) atoms. The van der Waals surface area contributed by atoms with Gasteiger partial charge in [-0.1, -0.05) is 64.5 Å². The second-order valence-electron chi connectivity index (χ2n) is 6.75. The molecule has 0 atom stereocenters. The maximum Gasteiger partial charge on any atom is 0.272 e. The molecule has 0 aliphatic carbocycles. The lowest BCUT2D eigenvalue weighted by atomic mass is 10.0. The van der Waals surface area contributed by atoms with Crippen LogP contribution in [-0.2, 0) is 0 Å². The number of rotatable bonds is 6. The molecule has 0 fully saturated rings. The van der Waals surface area contributed by atoms with E-state index in [-0.39, 0.29) is 5.91 Å². The summed E-state index contributed by atoms with van der Waals surface area (Å²) < 4.78 is 6.52. The van der Waals surface area contributed by atoms with E-state index in [0.717, 1.165) is 32.2 Å². The third-order valence-electron chi connectivity index (χ3n) is 4.67. The number of carbonyl (C=O) groups excluding carboxylic acids is 1. The minimum absolute atomic E-state index is 0.306. The summed E-state index contributed by atoms with van der Waals surface area (Å²) in [6.07, 6.45) is 1.58. The molecule has 6 heteroatoms. The van der Waals surface area contributed by atoms with E-state index in [2.05, 4.69) is 26.5 Å². The largest absolute Gasteiger partial charge is 0.493 e. The Labute approximate surface area is 188 Å². The van der Waals surface area contributed by atoms with Crippen LogP contribution in [0.25, 0.3) is 22.2 Å². The average molecular weight is 474 g/mol. The number of hydrogen-bond donors (Lipinski definition) is 1. The van der Waals surface area contributed by atoms with Crippen LogP contribution in [0.3, 0.4) is 0 Å². The summed E-state index contributed by atoms with van der Waals surface area (Å²) in [6, 6.07) is 24.8. The van der Waals surface area contributed by atoms with Gasteiger partial charge in [-0.2, -0.15) is 5.10 Å². The number of carbonyl (C=O) groups is 1. The molecule has 1 aromatic heterocycles. The number of aromatic nitrogens is 1. The van der Waals surface area contributed by atoms with Gasteiger partial charge in [0, 0.05) is 21.0 Å². The van der Waals surface area contributed by atoms with Crippen LogP contribution in [0, 0.1) is 0 Å². The van der Waals surface area contributed by atoms with Crippen LogP contribution in [0.2, 0.25) is 0 Å². The maximum atomic E-state index is 13.0. The van der Waals surface area contributed by atoms with Crippen LogP contribution >= 0.6 is 15.9 Å². The Morgan fingerprint density at radius 1 is 1.06 bits per heavy atom. The number of ether oxygens (including phenoxy) is 1. The van der Waals surface area contributed by atoms with Gasteiger partial charge in [0.05, 0.1) is 29.6 Å². The highest BCUT2D eigenvalue weighted by atomic mass is 79.9. The van der Waals surface area contributed by atoms with Gasteiger partial charge in [0.2, 0.25) is 0 Å². The molecule has 4 aromatic rings. The zero-order chi connectivity index (χ0) is 21.6. The number of nitrogens with one attached hydrogen (secondary N) is 1. The van der Waals surface area contributed by atoms with Crippen LogP contribution in [0.4, 0.5) is 0 Å². The average Bonchev–Trinajstić information content (AvgIpc) is 2.80. The smallest absolute Gasteiger partial charge is 0.272 e. The number of fused-ring (bicyclic) bond motifs is 1. The Morgan fingerprint density at radius 2 is 1.84 bits per heavy atom. The molecule has 0 aliphatic heterocycles. The fourth-order valence-corrected chi connectivity index (χ4v) is 3.63. The van der Waals surface area contributed by atoms with Crippen LogP contribution < -0.4 is 10.2 Å². The van der Waals surface area contributed by atoms with Gasteiger partial charge in [-0.15, -0.1) is 0 Å². The Balaban J connectivity index is 1.65. The first kappa shape index (κ1) is 20.8. The van der Waals surface area contributed by atoms with Crippen LogP contribution in [0.5, 0.6) is 5.75 Å². The molecule has 5 nitrogen and oxygen atoms in total. The minimum atomic E-state index is -0.306. The molecule has 0 aliphatic rings. The predicted molar refractivity (Wildman–Crippen MR) is 128 cm³/mol. The van der Waals surface area contributed by atoms with E-state index in [4.69, 9.17) is 9.72 Å². The number of benzene rings is 3. The molecule has 1 heterocycles. The quantitative estimate of drug-likeness (QED) is 0.283. The van der Waals surface area contributed by atoms with Crippen molar-refractivity contribution in [2.24, 2.45) is 5.10 Å². The Morgan fingerprint density at radius 3 is 2.65 bits per heavy atom. The molecular formula is C25H20BrN3O2. The molecule has 0 radical (unpaired) electrons. The molecule has 0 bridgehead atoms. The van der Waals surface area contributed by atoms with Crippen molar-refractivity contribution in [3.05, 3.63) is 94.5 Å². The summed E-state index contributed by atoms with van der Waals surface area (Å²) in [6.45, 7) is 2.46. The molecule has 4 rings (SSSR count). The summed E-state index contributed by atoms with van der Waals surface area (Å²) in [4.78, 5) is 17.7. The third-order valence-corrected chi connectivity index (χ3v) is 5.17. The standard InChI is InChI=1S/C25H20BrN3O2/c1-2-31-24-13-12-19(26)14-18(24)16-27-29-25(30)21-15-23(17-8-4-3-5-9-17)28-22-11-7-6-10-20(21)22/h3-16H,2H2,1H3,(H,29,30)/b27-16+. The summed E-state index contributed by atoms with van der Waals surface area (Å²) in [7, 11) is 0. The van der Waals surface area contributed by atoms with E-state index in [1.54, 1.807) is 12.3 Å². The van der Waals surface area contributed by atoms with E-state index in [1.165, 1.54) is 0 Å². The van der Waals surface area contributed by atoms with Crippen molar-refractivity contribution >= 4 is 39.0 Å². The minimum Gasteiger partial charge on any atom is -0.493 e. The van der Waals surface area contributed by atoms with E-state index in [1.807, 2.05) is 79.7 Å². The van der Waals surface area contributed by atoms with Crippen molar-refractivity contribution in [3.8, 4) is 17.0 Å². The van der Waals surface area contributed by atoms with Crippen LogP contribution in [-0.4, -0.2) is 23.7 Å². The van der Waals surface area contributed by atoms with Gasteiger partial charge < -0.3 is 4.74 Å². The SMILES string of the molecule is CCOc1ccc(Br)cc1/C=N/NC(=O)c1cc(-c2ccccc2)nc2ccccc12. The first-order valence-corrected chi connectivity index (χ1v) is 10.7. The molecular weight excluding hydrogens is 454 g/mol. The normalized spacial score (nSPS) is 11.0. The van der Waals surface area contributed by atoms with Gasteiger partial charge in [-0.3, -0.25) is 4.79 Å². The monoisotopic (exact) mass is 473 g/mol. The highest BCUT2D eigenvalue weighted by Crippen LogP contribution is 2.25. The Bertz CT molecular complexity index is 1260. The zero-order valence-electron chi connectivity index (χ0n) is 16.9. The van der Waals surface area contributed by atoms with Crippen molar-refractivity contribution in [2.75, 3.05) is 6.61 Å². The second-order valence-corrected chi connectivity index (χ2v) is 7.67. The summed E-state index contributed by atoms with van der Waals surface area (Å²) in [5.41, 5.74) is 6.35. The number of nitrogens with zero attached hydrogens (tertiary/aromatic N) is 2. The van der Waals surface area contributed by atoms with Crippen molar-refractivity contribution < 1.29 is 9.53 Å². The Kier molecular flexibility index (Phi) is 6.38.